The van der Waals surface area contributed by atoms with Crippen molar-refractivity contribution in [2.75, 3.05) is 0 Å². The molecule has 1 N–H and O–H groups in total. The second-order valence-corrected chi connectivity index (χ2v) is 1.04. The zero-order valence-electron chi connectivity index (χ0n) is 4.39. The molecule has 1 radical (unpaired) electrons. The van der Waals surface area contributed by atoms with Gasteiger partial charge in [0, 0.05) is 0 Å². The first-order valence-electron chi connectivity index (χ1n) is 1.56. The van der Waals surface area contributed by atoms with Gasteiger partial charge in [0.1, 0.15) is 0 Å². The SMILES string of the molecule is CC([NH])C(=O)[O-].[K+]. The number of nitrogens with one attached hydrogen (secondary N) is 1. The average Bonchev–Trinajstić information content (AvgIpc) is 1.36. The van der Waals surface area contributed by atoms with E-state index in [-0.39, 0.29) is 51.4 Å². The van der Waals surface area contributed by atoms with Gasteiger partial charge in [-0.25, -0.2) is 5.73 Å². The molecule has 3 nitrogen and oxygen atoms in total. The standard InChI is InChI=1S/C3H6NO2.K/c1-2(4)3(5)6;/h2,4H,1H3,(H,5,6);/q;+1/p-1. The summed E-state index contributed by atoms with van der Waals surface area (Å²) in [5.74, 6) is -1.32. The van der Waals surface area contributed by atoms with Crippen LogP contribution in [0.5, 0.6) is 0 Å². The number of carboxylic acid groups (broad SMARTS) is 1. The Kier molecular flexibility index (Phi) is 8.14. The summed E-state index contributed by atoms with van der Waals surface area (Å²) in [4.78, 5) is 9.40. The van der Waals surface area contributed by atoms with Gasteiger partial charge in [0.15, 0.2) is 0 Å². The predicted molar refractivity (Wildman–Crippen MR) is 17.6 cm³/mol. The molecule has 0 aromatic rings. The molecule has 0 aromatic carbocycles. The van der Waals surface area contributed by atoms with Gasteiger partial charge in [-0.1, -0.05) is 0 Å². The van der Waals surface area contributed by atoms with Crippen molar-refractivity contribution in [3.63, 3.8) is 0 Å². The Morgan fingerprint density at radius 1 is 1.86 bits per heavy atom. The molecule has 0 fully saturated rings. The zero-order valence-corrected chi connectivity index (χ0v) is 7.52. The molecule has 0 aliphatic heterocycles. The molecule has 0 spiro atoms. The first kappa shape index (κ1) is 10.9. The number of hydrogen-bond donors (Lipinski definition) is 0. The maximum Gasteiger partial charge on any atom is 1.00 e. The first-order valence-corrected chi connectivity index (χ1v) is 1.56. The Hall–Kier alpha value is 1.07. The average molecular weight is 126 g/mol. The van der Waals surface area contributed by atoms with Crippen molar-refractivity contribution in [1.82, 2.24) is 5.73 Å². The third-order valence-electron chi connectivity index (χ3n) is 0.354. The van der Waals surface area contributed by atoms with E-state index in [1.807, 2.05) is 0 Å². The largest absolute Gasteiger partial charge is 1.00 e. The fraction of sp³-hybridized carbons (Fsp3) is 0.667. The molecule has 1 unspecified atom stereocenters. The Labute approximate surface area is 84.7 Å². The summed E-state index contributed by atoms with van der Waals surface area (Å²) in [6, 6.07) is -1.09. The minimum Gasteiger partial charge on any atom is -0.548 e. The molecular weight excluding hydrogens is 121 g/mol. The van der Waals surface area contributed by atoms with E-state index in [0.29, 0.717) is 0 Å². The summed E-state index contributed by atoms with van der Waals surface area (Å²) >= 11 is 0. The molecule has 0 aliphatic rings. The summed E-state index contributed by atoms with van der Waals surface area (Å²) in [5.41, 5.74) is 6.37. The minimum absolute atomic E-state index is 0. The number of carbonyl (C=O) groups excluding carboxylic acids is 1. The van der Waals surface area contributed by atoms with Crippen LogP contribution in [0.4, 0.5) is 0 Å². The quantitative estimate of drug-likeness (QED) is 0.332. The molecule has 35 valence electrons. The van der Waals surface area contributed by atoms with Crippen LogP contribution in [0.25, 0.3) is 0 Å². The second kappa shape index (κ2) is 5.21. The molecule has 0 aliphatic carbocycles. The fourth-order valence-corrected chi connectivity index (χ4v) is 0. The zero-order chi connectivity index (χ0) is 5.15. The van der Waals surface area contributed by atoms with E-state index in [4.69, 9.17) is 5.73 Å². The van der Waals surface area contributed by atoms with Crippen LogP contribution >= 0.6 is 0 Å². The van der Waals surface area contributed by atoms with Gasteiger partial charge >= 0.3 is 51.4 Å². The minimum atomic E-state index is -1.32. The number of aliphatic carboxylic acids is 1. The molecular formula is C3H5KNO2. The van der Waals surface area contributed by atoms with Crippen molar-refractivity contribution >= 4 is 5.97 Å². The predicted octanol–water partition coefficient (Wildman–Crippen LogP) is -4.59. The Morgan fingerprint density at radius 3 is 2.00 bits per heavy atom. The van der Waals surface area contributed by atoms with Crippen LogP contribution in [0.2, 0.25) is 0 Å². The monoisotopic (exact) mass is 126 g/mol. The molecule has 0 saturated heterocycles. The van der Waals surface area contributed by atoms with Crippen LogP contribution in [0.15, 0.2) is 0 Å². The molecule has 1 atom stereocenters. The molecule has 0 aromatic heterocycles. The van der Waals surface area contributed by atoms with Crippen molar-refractivity contribution in [3.8, 4) is 0 Å². The summed E-state index contributed by atoms with van der Waals surface area (Å²) in [5, 5.41) is 9.40. The van der Waals surface area contributed by atoms with E-state index in [1.54, 1.807) is 0 Å². The van der Waals surface area contributed by atoms with E-state index in [0.717, 1.165) is 0 Å². The van der Waals surface area contributed by atoms with Gasteiger partial charge in [-0.05, 0) is 6.92 Å². The van der Waals surface area contributed by atoms with Crippen LogP contribution in [0.3, 0.4) is 0 Å². The van der Waals surface area contributed by atoms with Gasteiger partial charge in [-0.2, -0.15) is 0 Å². The molecule has 0 bridgehead atoms. The van der Waals surface area contributed by atoms with Crippen LogP contribution in [0, 0.1) is 0 Å². The topological polar surface area (TPSA) is 63.9 Å². The maximum atomic E-state index is 9.40. The summed E-state index contributed by atoms with van der Waals surface area (Å²) in [6.07, 6.45) is 0. The summed E-state index contributed by atoms with van der Waals surface area (Å²) in [6.45, 7) is 1.25. The maximum absolute atomic E-state index is 9.40. The third kappa shape index (κ3) is 7.07. The second-order valence-electron chi connectivity index (χ2n) is 1.04. The molecule has 0 amide bonds. The smallest absolute Gasteiger partial charge is 0.548 e. The Bertz CT molecular complexity index is 64.0. The van der Waals surface area contributed by atoms with Gasteiger partial charge in [0.05, 0.1) is 12.0 Å². The molecule has 0 saturated carbocycles. The van der Waals surface area contributed by atoms with E-state index in [1.165, 1.54) is 6.92 Å². The fourth-order valence-electron chi connectivity index (χ4n) is 0. The number of hydrogen-bond acceptors (Lipinski definition) is 2. The van der Waals surface area contributed by atoms with Crippen molar-refractivity contribution in [1.29, 1.82) is 0 Å². The molecule has 0 heterocycles. The van der Waals surface area contributed by atoms with Crippen LogP contribution in [0.1, 0.15) is 6.92 Å². The molecule has 7 heavy (non-hydrogen) atoms. The van der Waals surface area contributed by atoms with E-state index < -0.39 is 12.0 Å². The first-order chi connectivity index (χ1) is 2.64. The Balaban J connectivity index is 0. The van der Waals surface area contributed by atoms with E-state index in [9.17, 15) is 9.90 Å². The van der Waals surface area contributed by atoms with Crippen LogP contribution in [-0.2, 0) is 4.79 Å². The number of carboxylic acids is 1. The number of carbonyl (C=O) groups is 1. The molecule has 0 rings (SSSR count). The van der Waals surface area contributed by atoms with Crippen molar-refractivity contribution in [2.24, 2.45) is 0 Å². The van der Waals surface area contributed by atoms with Crippen molar-refractivity contribution < 1.29 is 61.3 Å². The van der Waals surface area contributed by atoms with Crippen LogP contribution in [-0.4, -0.2) is 12.0 Å². The van der Waals surface area contributed by atoms with Crippen molar-refractivity contribution in [2.45, 2.75) is 13.0 Å². The summed E-state index contributed by atoms with van der Waals surface area (Å²) in [7, 11) is 0. The normalized spacial score (nSPS) is 11.7. The van der Waals surface area contributed by atoms with Gasteiger partial charge < -0.3 is 9.90 Å². The van der Waals surface area contributed by atoms with Gasteiger partial charge in [0.2, 0.25) is 0 Å². The van der Waals surface area contributed by atoms with Crippen LogP contribution < -0.4 is 62.2 Å². The van der Waals surface area contributed by atoms with E-state index in [2.05, 4.69) is 0 Å². The van der Waals surface area contributed by atoms with Gasteiger partial charge in [0.25, 0.3) is 0 Å². The van der Waals surface area contributed by atoms with E-state index >= 15 is 0 Å². The summed E-state index contributed by atoms with van der Waals surface area (Å²) < 4.78 is 0. The number of rotatable bonds is 1. The van der Waals surface area contributed by atoms with Gasteiger partial charge in [-0.15, -0.1) is 0 Å². The van der Waals surface area contributed by atoms with Crippen molar-refractivity contribution in [3.05, 3.63) is 0 Å². The molecule has 4 heteroatoms. The van der Waals surface area contributed by atoms with Gasteiger partial charge in [-0.3, -0.25) is 0 Å². The third-order valence-corrected chi connectivity index (χ3v) is 0.354. The Morgan fingerprint density at radius 2 is 2.00 bits per heavy atom.